The molecule has 1 aromatic heterocycles. The number of H-pyrrole nitrogens is 1. The van der Waals surface area contributed by atoms with Gasteiger partial charge in [-0.1, -0.05) is 30.3 Å². The number of hydrogen-bond acceptors (Lipinski definition) is 5. The highest BCUT2D eigenvalue weighted by Crippen LogP contribution is 2.26. The van der Waals surface area contributed by atoms with E-state index in [1.807, 2.05) is 42.5 Å². The van der Waals surface area contributed by atoms with Gasteiger partial charge >= 0.3 is 0 Å². The Morgan fingerprint density at radius 2 is 2.00 bits per heavy atom. The standard InChI is InChI=1S/C25H30N4O3.ClH/c1-32-20-10-7-15-29(17-20)14-5-4-13-23(30)26-19-9-6-8-18(16-19)24-21-11-2-3-12-22(21)25(31)28-27-24;/h2-3,6,8-9,11-12,16,20H,4-5,7,10,13-15,17H2,1H3,(H,26,30)(H,28,31);1H. The lowest BCUT2D eigenvalue weighted by Crippen LogP contribution is -2.39. The second-order valence-electron chi connectivity index (χ2n) is 8.33. The number of fused-ring (bicyclic) bond motifs is 1. The van der Waals surface area contributed by atoms with Crippen molar-refractivity contribution < 1.29 is 9.53 Å². The van der Waals surface area contributed by atoms with Gasteiger partial charge in [-0.2, -0.15) is 5.10 Å². The molecule has 2 heterocycles. The van der Waals surface area contributed by atoms with E-state index in [9.17, 15) is 9.59 Å². The lowest BCUT2D eigenvalue weighted by Gasteiger charge is -2.31. The van der Waals surface area contributed by atoms with E-state index < -0.39 is 0 Å². The summed E-state index contributed by atoms with van der Waals surface area (Å²) in [6, 6.07) is 15.0. The highest BCUT2D eigenvalue weighted by Gasteiger charge is 2.18. The molecule has 1 atom stereocenters. The molecule has 1 amide bonds. The van der Waals surface area contributed by atoms with E-state index in [2.05, 4.69) is 20.4 Å². The molecule has 0 aliphatic carbocycles. The fourth-order valence-corrected chi connectivity index (χ4v) is 4.33. The molecule has 2 aromatic carbocycles. The van der Waals surface area contributed by atoms with Crippen molar-refractivity contribution in [2.24, 2.45) is 0 Å². The van der Waals surface area contributed by atoms with Crippen LogP contribution in [0.4, 0.5) is 5.69 Å². The van der Waals surface area contributed by atoms with Gasteiger partial charge in [-0.05, 0) is 57.0 Å². The number of carbonyl (C=O) groups is 1. The summed E-state index contributed by atoms with van der Waals surface area (Å²) in [5, 5.41) is 11.2. The Labute approximate surface area is 199 Å². The van der Waals surface area contributed by atoms with Gasteiger partial charge in [-0.15, -0.1) is 12.4 Å². The monoisotopic (exact) mass is 470 g/mol. The van der Waals surface area contributed by atoms with Crippen LogP contribution >= 0.6 is 12.4 Å². The van der Waals surface area contributed by atoms with Gasteiger partial charge in [0.25, 0.3) is 5.56 Å². The van der Waals surface area contributed by atoms with Gasteiger partial charge in [0.1, 0.15) is 0 Å². The van der Waals surface area contributed by atoms with E-state index in [1.165, 1.54) is 6.42 Å². The molecular weight excluding hydrogens is 440 g/mol. The van der Waals surface area contributed by atoms with Crippen LogP contribution in [0, 0.1) is 0 Å². The van der Waals surface area contributed by atoms with Gasteiger partial charge < -0.3 is 15.0 Å². The van der Waals surface area contributed by atoms with Crippen molar-refractivity contribution in [1.82, 2.24) is 15.1 Å². The number of carbonyl (C=O) groups excluding carboxylic acids is 1. The molecule has 0 saturated carbocycles. The molecule has 4 rings (SSSR count). The van der Waals surface area contributed by atoms with Crippen LogP contribution in [0.15, 0.2) is 53.3 Å². The van der Waals surface area contributed by atoms with Crippen LogP contribution in [-0.4, -0.2) is 53.9 Å². The second-order valence-corrected chi connectivity index (χ2v) is 8.33. The number of aromatic amines is 1. The quantitative estimate of drug-likeness (QED) is 0.481. The number of halogens is 1. The van der Waals surface area contributed by atoms with Crippen LogP contribution in [0.25, 0.3) is 22.0 Å². The summed E-state index contributed by atoms with van der Waals surface area (Å²) in [5.41, 5.74) is 2.04. The normalized spacial score (nSPS) is 16.3. The number of rotatable bonds is 8. The smallest absolute Gasteiger partial charge is 0.272 e. The van der Waals surface area contributed by atoms with Crippen LogP contribution in [-0.2, 0) is 9.53 Å². The molecule has 33 heavy (non-hydrogen) atoms. The number of unbranched alkanes of at least 4 members (excludes halogenated alkanes) is 1. The van der Waals surface area contributed by atoms with Crippen LogP contribution in [0.3, 0.4) is 0 Å². The first-order valence-corrected chi connectivity index (χ1v) is 11.3. The molecule has 3 aromatic rings. The Balaban J connectivity index is 0.00000306. The van der Waals surface area contributed by atoms with Gasteiger partial charge in [0.05, 0.1) is 17.2 Å². The number of nitrogens with zero attached hydrogens (tertiary/aromatic N) is 2. The first kappa shape index (κ1) is 24.9. The summed E-state index contributed by atoms with van der Waals surface area (Å²) in [7, 11) is 1.78. The van der Waals surface area contributed by atoms with Crippen molar-refractivity contribution >= 4 is 34.8 Å². The number of methoxy groups -OCH3 is 1. The van der Waals surface area contributed by atoms with E-state index in [1.54, 1.807) is 13.2 Å². The predicted octanol–water partition coefficient (Wildman–Crippen LogP) is 4.23. The third kappa shape index (κ3) is 6.41. The van der Waals surface area contributed by atoms with Gasteiger partial charge in [-0.25, -0.2) is 5.10 Å². The number of nitrogens with one attached hydrogen (secondary N) is 2. The Hall–Kier alpha value is -2.74. The Bertz CT molecular complexity index is 1130. The minimum Gasteiger partial charge on any atom is -0.380 e. The largest absolute Gasteiger partial charge is 0.380 e. The number of aromatic nitrogens is 2. The van der Waals surface area contributed by atoms with E-state index in [0.717, 1.165) is 55.5 Å². The molecule has 0 bridgehead atoms. The van der Waals surface area contributed by atoms with Crippen molar-refractivity contribution in [3.8, 4) is 11.3 Å². The molecule has 0 radical (unpaired) electrons. The van der Waals surface area contributed by atoms with Gasteiger partial charge in [0.2, 0.25) is 5.91 Å². The Morgan fingerprint density at radius 1 is 1.18 bits per heavy atom. The maximum atomic E-state index is 12.5. The van der Waals surface area contributed by atoms with Crippen LogP contribution in [0.2, 0.25) is 0 Å². The zero-order chi connectivity index (χ0) is 22.3. The minimum atomic E-state index is -0.212. The zero-order valence-corrected chi connectivity index (χ0v) is 19.7. The number of benzene rings is 2. The molecule has 0 spiro atoms. The predicted molar refractivity (Wildman–Crippen MR) is 134 cm³/mol. The fourth-order valence-electron chi connectivity index (χ4n) is 4.33. The Kier molecular flexibility index (Phi) is 9.00. The molecule has 1 saturated heterocycles. The molecule has 176 valence electrons. The topological polar surface area (TPSA) is 87.3 Å². The van der Waals surface area contributed by atoms with Crippen LogP contribution in [0.5, 0.6) is 0 Å². The maximum Gasteiger partial charge on any atom is 0.272 e. The first-order chi connectivity index (χ1) is 15.6. The van der Waals surface area contributed by atoms with Crippen LogP contribution < -0.4 is 10.9 Å². The average molecular weight is 471 g/mol. The number of likely N-dealkylation sites (tertiary alicyclic amines) is 1. The van der Waals surface area contributed by atoms with E-state index in [-0.39, 0.29) is 23.9 Å². The number of piperidine rings is 1. The van der Waals surface area contributed by atoms with Crippen molar-refractivity contribution in [2.75, 3.05) is 32.1 Å². The number of anilines is 1. The summed E-state index contributed by atoms with van der Waals surface area (Å²) in [6.45, 7) is 3.11. The van der Waals surface area contributed by atoms with E-state index >= 15 is 0 Å². The van der Waals surface area contributed by atoms with E-state index in [0.29, 0.717) is 23.6 Å². The lowest BCUT2D eigenvalue weighted by atomic mass is 10.0. The highest BCUT2D eigenvalue weighted by atomic mass is 35.5. The van der Waals surface area contributed by atoms with Gasteiger partial charge in [-0.3, -0.25) is 9.59 Å². The molecule has 1 aliphatic rings. The summed E-state index contributed by atoms with van der Waals surface area (Å²) in [5.74, 6) is 0.00912. The Morgan fingerprint density at radius 3 is 2.82 bits per heavy atom. The molecule has 7 nitrogen and oxygen atoms in total. The maximum absolute atomic E-state index is 12.5. The molecule has 1 unspecified atom stereocenters. The van der Waals surface area contributed by atoms with E-state index in [4.69, 9.17) is 4.74 Å². The number of ether oxygens (including phenoxy) is 1. The number of amides is 1. The zero-order valence-electron chi connectivity index (χ0n) is 18.9. The third-order valence-corrected chi connectivity index (χ3v) is 6.04. The lowest BCUT2D eigenvalue weighted by molar-refractivity contribution is -0.116. The summed E-state index contributed by atoms with van der Waals surface area (Å²) in [4.78, 5) is 26.9. The average Bonchev–Trinajstić information content (AvgIpc) is 2.82. The van der Waals surface area contributed by atoms with Gasteiger partial charge in [0.15, 0.2) is 0 Å². The minimum absolute atomic E-state index is 0. The molecule has 1 aliphatic heterocycles. The molecular formula is C25H31ClN4O3. The first-order valence-electron chi connectivity index (χ1n) is 11.3. The summed E-state index contributed by atoms with van der Waals surface area (Å²) >= 11 is 0. The van der Waals surface area contributed by atoms with Gasteiger partial charge in [0, 0.05) is 36.7 Å². The summed E-state index contributed by atoms with van der Waals surface area (Å²) < 4.78 is 5.48. The summed E-state index contributed by atoms with van der Waals surface area (Å²) in [6.07, 6.45) is 5.00. The van der Waals surface area contributed by atoms with Crippen molar-refractivity contribution in [3.63, 3.8) is 0 Å². The molecule has 8 heteroatoms. The second kappa shape index (κ2) is 11.9. The van der Waals surface area contributed by atoms with Crippen molar-refractivity contribution in [1.29, 1.82) is 0 Å². The fraction of sp³-hybridized carbons (Fsp3) is 0.400. The molecule has 2 N–H and O–H groups in total. The highest BCUT2D eigenvalue weighted by molar-refractivity contribution is 5.95. The van der Waals surface area contributed by atoms with Crippen molar-refractivity contribution in [3.05, 3.63) is 58.9 Å². The van der Waals surface area contributed by atoms with Crippen LogP contribution in [0.1, 0.15) is 32.1 Å². The third-order valence-electron chi connectivity index (χ3n) is 6.04. The molecule has 1 fully saturated rings. The SMILES string of the molecule is COC1CCCN(CCCCC(=O)Nc2cccc(-c3n[nH]c(=O)c4ccccc34)c2)C1.Cl. The number of hydrogen-bond donors (Lipinski definition) is 2. The van der Waals surface area contributed by atoms with Crippen molar-refractivity contribution in [2.45, 2.75) is 38.2 Å².